The molecule has 0 atom stereocenters. The zero-order valence-corrected chi connectivity index (χ0v) is 5.94. The molecular weight excluding hydrogens is 130 g/mol. The van der Waals surface area contributed by atoms with Gasteiger partial charge in [0.15, 0.2) is 0 Å². The van der Waals surface area contributed by atoms with E-state index < -0.39 is 0 Å². The predicted octanol–water partition coefficient (Wildman–Crippen LogP) is 1.44. The maximum absolute atomic E-state index is 5.69. The first-order valence-electron chi connectivity index (χ1n) is 2.72. The first kappa shape index (κ1) is 6.69. The van der Waals surface area contributed by atoms with E-state index in [0.717, 1.165) is 5.56 Å². The highest BCUT2D eigenvalue weighted by Gasteiger charge is 1.90. The van der Waals surface area contributed by atoms with Crippen LogP contribution in [0.3, 0.4) is 0 Å². The highest BCUT2D eigenvalue weighted by atomic mass is 35.5. The predicted molar refractivity (Wildman–Crippen MR) is 41.6 cm³/mol. The van der Waals surface area contributed by atoms with Gasteiger partial charge in [0.05, 0.1) is 0 Å². The Morgan fingerprint density at radius 2 is 2.11 bits per heavy atom. The van der Waals surface area contributed by atoms with E-state index in [2.05, 4.69) is 0 Å². The summed E-state index contributed by atoms with van der Waals surface area (Å²) in [6, 6.07) is 5.58. The minimum absolute atomic E-state index is 0.634. The van der Waals surface area contributed by atoms with Crippen molar-refractivity contribution in [3.05, 3.63) is 28.8 Å². The van der Waals surface area contributed by atoms with Gasteiger partial charge in [-0.1, -0.05) is 29.2 Å². The molecule has 0 aliphatic rings. The van der Waals surface area contributed by atoms with Crippen LogP contribution in [0.4, 0.5) is 0 Å². The fourth-order valence-electron chi connectivity index (χ4n) is 0.632. The van der Waals surface area contributed by atoms with E-state index in [1.54, 1.807) is 6.07 Å². The number of benzene rings is 1. The summed E-state index contributed by atoms with van der Waals surface area (Å²) < 4.78 is 0. The van der Waals surface area contributed by atoms with Crippen LogP contribution < -0.4 is 5.46 Å². The van der Waals surface area contributed by atoms with Crippen LogP contribution in [0.2, 0.25) is 5.02 Å². The molecule has 0 amide bonds. The van der Waals surface area contributed by atoms with Crippen molar-refractivity contribution in [3.63, 3.8) is 0 Å². The molecule has 0 aliphatic carbocycles. The molecule has 0 unspecified atom stereocenters. The maximum Gasteiger partial charge on any atom is 0.115 e. The van der Waals surface area contributed by atoms with Crippen LogP contribution in [0.1, 0.15) is 5.56 Å². The Morgan fingerprint density at radius 1 is 1.44 bits per heavy atom. The third kappa shape index (κ3) is 1.49. The average Bonchev–Trinajstić information content (AvgIpc) is 1.80. The normalized spacial score (nSPS) is 9.56. The monoisotopic (exact) mass is 136 g/mol. The lowest BCUT2D eigenvalue weighted by Gasteiger charge is -1.96. The van der Waals surface area contributed by atoms with Gasteiger partial charge in [-0.05, 0) is 18.6 Å². The minimum Gasteiger partial charge on any atom is -0.0850 e. The van der Waals surface area contributed by atoms with Crippen LogP contribution in [-0.4, -0.2) is 7.85 Å². The summed E-state index contributed by atoms with van der Waals surface area (Å²) in [5.74, 6) is 0. The highest BCUT2D eigenvalue weighted by Crippen LogP contribution is 2.05. The van der Waals surface area contributed by atoms with Crippen LogP contribution >= 0.6 is 11.6 Å². The van der Waals surface area contributed by atoms with Gasteiger partial charge in [0, 0.05) is 5.02 Å². The number of aryl methyl sites for hydroxylation is 1. The van der Waals surface area contributed by atoms with Gasteiger partial charge in [-0.15, -0.1) is 0 Å². The molecule has 0 aromatic heterocycles. The van der Waals surface area contributed by atoms with Crippen molar-refractivity contribution in [2.24, 2.45) is 0 Å². The third-order valence-corrected chi connectivity index (χ3v) is 1.48. The lowest BCUT2D eigenvalue weighted by molar-refractivity contribution is 1.49. The van der Waals surface area contributed by atoms with Crippen molar-refractivity contribution in [1.29, 1.82) is 0 Å². The quantitative estimate of drug-likeness (QED) is 0.474. The smallest absolute Gasteiger partial charge is 0.0850 e. The van der Waals surface area contributed by atoms with Gasteiger partial charge in [-0.3, -0.25) is 0 Å². The molecule has 0 N–H and O–H groups in total. The zero-order valence-electron chi connectivity index (χ0n) is 5.19. The van der Waals surface area contributed by atoms with E-state index in [9.17, 15) is 0 Å². The Balaban J connectivity index is 3.17. The van der Waals surface area contributed by atoms with Gasteiger partial charge < -0.3 is 0 Å². The summed E-state index contributed by atoms with van der Waals surface area (Å²) in [5, 5.41) is 0.634. The van der Waals surface area contributed by atoms with Crippen molar-refractivity contribution in [2.75, 3.05) is 0 Å². The molecule has 1 aromatic carbocycles. The summed E-state index contributed by atoms with van der Waals surface area (Å²) in [4.78, 5) is 0. The van der Waals surface area contributed by atoms with Crippen molar-refractivity contribution in [3.8, 4) is 0 Å². The van der Waals surface area contributed by atoms with Crippen LogP contribution in [0.15, 0.2) is 18.2 Å². The second-order valence-corrected chi connectivity index (χ2v) is 2.43. The van der Waals surface area contributed by atoms with E-state index in [1.165, 1.54) is 0 Å². The Morgan fingerprint density at radius 3 is 2.56 bits per heavy atom. The molecule has 1 aromatic rings. The van der Waals surface area contributed by atoms with E-state index >= 15 is 0 Å². The number of rotatable bonds is 0. The summed E-state index contributed by atoms with van der Waals surface area (Å²) in [6.07, 6.45) is 0. The van der Waals surface area contributed by atoms with Crippen LogP contribution in [0.5, 0.6) is 0 Å². The summed E-state index contributed by atoms with van der Waals surface area (Å²) in [6.45, 7) is 1.98. The molecule has 2 heteroatoms. The largest absolute Gasteiger partial charge is 0.115 e. The molecule has 44 valence electrons. The first-order valence-corrected chi connectivity index (χ1v) is 3.09. The van der Waals surface area contributed by atoms with E-state index in [-0.39, 0.29) is 0 Å². The molecule has 0 heterocycles. The number of hydrogen-bond acceptors (Lipinski definition) is 0. The Hall–Kier alpha value is -0.425. The molecule has 0 aliphatic heterocycles. The second kappa shape index (κ2) is 2.44. The second-order valence-electron chi connectivity index (χ2n) is 2.02. The molecule has 0 nitrogen and oxygen atoms in total. The van der Waals surface area contributed by atoms with Crippen LogP contribution in [-0.2, 0) is 0 Å². The number of hydrogen-bond donors (Lipinski definition) is 0. The fourth-order valence-corrected chi connectivity index (χ4v) is 0.867. The van der Waals surface area contributed by atoms with Crippen molar-refractivity contribution in [2.45, 2.75) is 6.92 Å². The SMILES string of the molecule is [B]c1ccc(C)cc1Cl. The van der Waals surface area contributed by atoms with Crippen molar-refractivity contribution in [1.82, 2.24) is 0 Å². The van der Waals surface area contributed by atoms with E-state index in [0.29, 0.717) is 10.5 Å². The average molecular weight is 136 g/mol. The molecule has 0 fully saturated rings. The Kier molecular flexibility index (Phi) is 1.82. The molecule has 9 heavy (non-hydrogen) atoms. The van der Waals surface area contributed by atoms with Gasteiger partial charge in [0.2, 0.25) is 0 Å². The van der Waals surface area contributed by atoms with Crippen molar-refractivity contribution < 1.29 is 0 Å². The first-order chi connectivity index (χ1) is 4.20. The minimum atomic E-state index is 0.634. The Bertz CT molecular complexity index is 220. The highest BCUT2D eigenvalue weighted by molar-refractivity contribution is 6.45. The summed E-state index contributed by atoms with van der Waals surface area (Å²) in [7, 11) is 5.46. The molecule has 0 spiro atoms. The zero-order chi connectivity index (χ0) is 6.85. The van der Waals surface area contributed by atoms with Gasteiger partial charge in [-0.25, -0.2) is 0 Å². The van der Waals surface area contributed by atoms with Gasteiger partial charge in [-0.2, -0.15) is 0 Å². The van der Waals surface area contributed by atoms with Gasteiger partial charge in [0.25, 0.3) is 0 Å². The van der Waals surface area contributed by atoms with E-state index in [4.69, 9.17) is 19.4 Å². The fraction of sp³-hybridized carbons (Fsp3) is 0.143. The topological polar surface area (TPSA) is 0 Å². The molecule has 0 saturated heterocycles. The maximum atomic E-state index is 5.69. The third-order valence-electron chi connectivity index (χ3n) is 1.16. The summed E-state index contributed by atoms with van der Waals surface area (Å²) in [5.41, 5.74) is 1.77. The molecule has 0 bridgehead atoms. The number of halogens is 1. The lowest BCUT2D eigenvalue weighted by atomic mass is 9.95. The Labute approximate surface area is 61.3 Å². The van der Waals surface area contributed by atoms with E-state index in [1.807, 2.05) is 19.1 Å². The van der Waals surface area contributed by atoms with Gasteiger partial charge >= 0.3 is 0 Å². The molecule has 0 saturated carbocycles. The van der Waals surface area contributed by atoms with Crippen LogP contribution in [0.25, 0.3) is 0 Å². The van der Waals surface area contributed by atoms with Crippen molar-refractivity contribution >= 4 is 24.9 Å². The van der Waals surface area contributed by atoms with Gasteiger partial charge in [0.1, 0.15) is 7.85 Å². The standard InChI is InChI=1S/C7H6BCl/c1-5-2-3-6(8)7(9)4-5/h2-4H,1H3. The lowest BCUT2D eigenvalue weighted by Crippen LogP contribution is -2.02. The van der Waals surface area contributed by atoms with Crippen LogP contribution in [0, 0.1) is 6.92 Å². The molecule has 2 radical (unpaired) electrons. The summed E-state index contributed by atoms with van der Waals surface area (Å²) >= 11 is 5.69. The molecule has 1 rings (SSSR count). The molecular formula is C7H6BCl.